The number of aryl methyl sites for hydroxylation is 1. The van der Waals surface area contributed by atoms with Crippen molar-refractivity contribution in [3.05, 3.63) is 63.1 Å². The molecule has 2 heterocycles. The zero-order valence-corrected chi connectivity index (χ0v) is 17.2. The number of benzene rings is 1. The maximum Gasteiger partial charge on any atom is 0.271 e. The zero-order valence-electron chi connectivity index (χ0n) is 14.1. The van der Waals surface area contributed by atoms with Crippen LogP contribution >= 0.6 is 39.1 Å². The molecule has 3 rings (SSSR count). The fourth-order valence-electron chi connectivity index (χ4n) is 2.28. The maximum atomic E-state index is 12.1. The standard InChI is InChI=1S/C17H16BrCl2N5O2/c18-12-2-3-16(14(20)8-12)27-11-25-7-4-15(23-25)17(26)21-5-1-6-24-10-13(19)9-22-24/h2-4,7-10H,1,5-6,11H2,(H,21,26). The summed E-state index contributed by atoms with van der Waals surface area (Å²) in [5.74, 6) is 0.300. The average Bonchev–Trinajstić information content (AvgIpc) is 3.27. The Balaban J connectivity index is 1.44. The minimum Gasteiger partial charge on any atom is -0.470 e. The molecule has 1 amide bonds. The number of hydrogen-bond donors (Lipinski definition) is 1. The summed E-state index contributed by atoms with van der Waals surface area (Å²) in [6.45, 7) is 1.33. The van der Waals surface area contributed by atoms with E-state index >= 15 is 0 Å². The smallest absolute Gasteiger partial charge is 0.271 e. The molecule has 3 aromatic rings. The van der Waals surface area contributed by atoms with Gasteiger partial charge in [-0.3, -0.25) is 9.48 Å². The molecule has 0 fully saturated rings. The third-order valence-electron chi connectivity index (χ3n) is 3.57. The molecule has 1 aromatic carbocycles. The van der Waals surface area contributed by atoms with Gasteiger partial charge in [0.2, 0.25) is 0 Å². The Kier molecular flexibility index (Phi) is 6.76. The second kappa shape index (κ2) is 9.25. The van der Waals surface area contributed by atoms with Crippen LogP contribution in [0, 0.1) is 0 Å². The van der Waals surface area contributed by atoms with Crippen molar-refractivity contribution in [2.45, 2.75) is 19.7 Å². The van der Waals surface area contributed by atoms with Gasteiger partial charge in [0.05, 0.1) is 16.2 Å². The lowest BCUT2D eigenvalue weighted by atomic mass is 10.3. The summed E-state index contributed by atoms with van der Waals surface area (Å²) in [6.07, 6.45) is 5.72. The quantitative estimate of drug-likeness (QED) is 0.502. The number of nitrogens with one attached hydrogen (secondary N) is 1. The monoisotopic (exact) mass is 471 g/mol. The molecule has 2 aromatic heterocycles. The lowest BCUT2D eigenvalue weighted by molar-refractivity contribution is 0.0945. The molecule has 27 heavy (non-hydrogen) atoms. The van der Waals surface area contributed by atoms with Gasteiger partial charge in [-0.1, -0.05) is 39.1 Å². The Morgan fingerprint density at radius 3 is 2.85 bits per heavy atom. The van der Waals surface area contributed by atoms with Gasteiger partial charge in [0, 0.05) is 30.0 Å². The van der Waals surface area contributed by atoms with Gasteiger partial charge in [-0.05, 0) is 30.7 Å². The van der Waals surface area contributed by atoms with Crippen molar-refractivity contribution in [2.24, 2.45) is 0 Å². The van der Waals surface area contributed by atoms with Crippen LogP contribution in [0.15, 0.2) is 47.3 Å². The minimum atomic E-state index is -0.242. The van der Waals surface area contributed by atoms with E-state index in [9.17, 15) is 4.79 Å². The number of rotatable bonds is 8. The van der Waals surface area contributed by atoms with Crippen LogP contribution in [-0.4, -0.2) is 32.0 Å². The molecule has 0 spiro atoms. The van der Waals surface area contributed by atoms with Gasteiger partial charge in [-0.25, -0.2) is 4.68 Å². The first-order valence-corrected chi connectivity index (χ1v) is 9.63. The van der Waals surface area contributed by atoms with Crippen LogP contribution in [-0.2, 0) is 13.3 Å². The first kappa shape index (κ1) is 19.7. The average molecular weight is 473 g/mol. The predicted molar refractivity (Wildman–Crippen MR) is 106 cm³/mol. The summed E-state index contributed by atoms with van der Waals surface area (Å²) in [5.41, 5.74) is 0.322. The third kappa shape index (κ3) is 5.72. The Morgan fingerprint density at radius 2 is 2.11 bits per heavy atom. The fraction of sp³-hybridized carbons (Fsp3) is 0.235. The van der Waals surface area contributed by atoms with Crippen molar-refractivity contribution < 1.29 is 9.53 Å². The predicted octanol–water partition coefficient (Wildman–Crippen LogP) is 4.01. The fourth-order valence-corrected chi connectivity index (χ4v) is 3.16. The number of carbonyl (C=O) groups excluding carboxylic acids is 1. The molecule has 10 heteroatoms. The van der Waals surface area contributed by atoms with Crippen LogP contribution in [0.4, 0.5) is 0 Å². The molecular formula is C17H16BrCl2N5O2. The van der Waals surface area contributed by atoms with Crippen molar-refractivity contribution in [2.75, 3.05) is 6.54 Å². The molecule has 0 atom stereocenters. The van der Waals surface area contributed by atoms with Crippen molar-refractivity contribution in [1.29, 1.82) is 0 Å². The molecule has 0 saturated carbocycles. The number of hydrogen-bond acceptors (Lipinski definition) is 4. The van der Waals surface area contributed by atoms with E-state index in [1.807, 2.05) is 6.07 Å². The molecule has 0 unspecified atom stereocenters. The summed E-state index contributed by atoms with van der Waals surface area (Å²) in [4.78, 5) is 12.1. The van der Waals surface area contributed by atoms with Gasteiger partial charge in [0.25, 0.3) is 5.91 Å². The van der Waals surface area contributed by atoms with Gasteiger partial charge in [0.1, 0.15) is 11.4 Å². The van der Waals surface area contributed by atoms with Crippen LogP contribution in [0.25, 0.3) is 0 Å². The highest BCUT2D eigenvalue weighted by Gasteiger charge is 2.10. The summed E-state index contributed by atoms with van der Waals surface area (Å²) < 4.78 is 9.74. The van der Waals surface area contributed by atoms with Gasteiger partial charge >= 0.3 is 0 Å². The Labute approximate surface area is 174 Å². The van der Waals surface area contributed by atoms with Crippen LogP contribution in [0.5, 0.6) is 5.75 Å². The third-order valence-corrected chi connectivity index (χ3v) is 4.55. The van der Waals surface area contributed by atoms with E-state index in [4.69, 9.17) is 27.9 Å². The Hall–Kier alpha value is -2.03. The topological polar surface area (TPSA) is 74.0 Å². The molecule has 0 aliphatic carbocycles. The van der Waals surface area contributed by atoms with Crippen LogP contribution < -0.4 is 10.1 Å². The lowest BCUT2D eigenvalue weighted by Crippen LogP contribution is -2.26. The number of carbonyl (C=O) groups is 1. The number of halogens is 3. The normalized spacial score (nSPS) is 10.8. The minimum absolute atomic E-state index is 0.148. The van der Waals surface area contributed by atoms with E-state index in [1.165, 1.54) is 4.68 Å². The molecule has 0 bridgehead atoms. The SMILES string of the molecule is O=C(NCCCn1cc(Cl)cn1)c1ccn(COc2ccc(Br)cc2Cl)n1. The highest BCUT2D eigenvalue weighted by atomic mass is 79.9. The van der Waals surface area contributed by atoms with Crippen molar-refractivity contribution in [3.63, 3.8) is 0 Å². The van der Waals surface area contributed by atoms with E-state index in [2.05, 4.69) is 31.4 Å². The molecule has 0 saturated heterocycles. The first-order chi connectivity index (χ1) is 13.0. The van der Waals surface area contributed by atoms with Crippen LogP contribution in [0.2, 0.25) is 10.0 Å². The van der Waals surface area contributed by atoms with Gasteiger partial charge < -0.3 is 10.1 Å². The first-order valence-electron chi connectivity index (χ1n) is 8.09. The highest BCUT2D eigenvalue weighted by Crippen LogP contribution is 2.27. The Bertz CT molecular complexity index is 928. The number of aromatic nitrogens is 4. The number of amides is 1. The highest BCUT2D eigenvalue weighted by molar-refractivity contribution is 9.10. The van der Waals surface area contributed by atoms with Crippen molar-refractivity contribution in [3.8, 4) is 5.75 Å². The largest absolute Gasteiger partial charge is 0.470 e. The van der Waals surface area contributed by atoms with Crippen molar-refractivity contribution >= 4 is 45.0 Å². The molecular weight excluding hydrogens is 457 g/mol. The lowest BCUT2D eigenvalue weighted by Gasteiger charge is -2.08. The van der Waals surface area contributed by atoms with E-state index < -0.39 is 0 Å². The molecule has 0 radical (unpaired) electrons. The Morgan fingerprint density at radius 1 is 1.26 bits per heavy atom. The molecule has 0 aliphatic rings. The second-order valence-corrected chi connectivity index (χ2v) is 7.38. The second-order valence-electron chi connectivity index (χ2n) is 5.62. The molecule has 142 valence electrons. The zero-order chi connectivity index (χ0) is 19.2. The molecule has 7 nitrogen and oxygen atoms in total. The van der Waals surface area contributed by atoms with E-state index in [-0.39, 0.29) is 12.6 Å². The maximum absolute atomic E-state index is 12.1. The van der Waals surface area contributed by atoms with Gasteiger partial charge in [-0.2, -0.15) is 10.2 Å². The summed E-state index contributed by atoms with van der Waals surface area (Å²) >= 11 is 15.2. The number of ether oxygens (including phenoxy) is 1. The molecule has 1 N–H and O–H groups in total. The van der Waals surface area contributed by atoms with E-state index in [1.54, 1.807) is 41.5 Å². The number of nitrogens with zero attached hydrogens (tertiary/aromatic N) is 4. The molecule has 0 aliphatic heterocycles. The summed E-state index contributed by atoms with van der Waals surface area (Å²) in [7, 11) is 0. The van der Waals surface area contributed by atoms with Gasteiger partial charge in [-0.15, -0.1) is 0 Å². The van der Waals surface area contributed by atoms with Crippen LogP contribution in [0.3, 0.4) is 0 Å². The van der Waals surface area contributed by atoms with Gasteiger partial charge in [0.15, 0.2) is 6.73 Å². The summed E-state index contributed by atoms with van der Waals surface area (Å²) in [6, 6.07) is 6.97. The summed E-state index contributed by atoms with van der Waals surface area (Å²) in [5, 5.41) is 12.2. The van der Waals surface area contributed by atoms with E-state index in [0.717, 1.165) is 10.9 Å². The van der Waals surface area contributed by atoms with Crippen LogP contribution in [0.1, 0.15) is 16.9 Å². The van der Waals surface area contributed by atoms with Crippen molar-refractivity contribution in [1.82, 2.24) is 24.9 Å². The van der Waals surface area contributed by atoms with E-state index in [0.29, 0.717) is 34.6 Å².